The molecule has 0 rings (SSSR count). The van der Waals surface area contributed by atoms with Gasteiger partial charge < -0.3 is 9.79 Å². The van der Waals surface area contributed by atoms with E-state index < -0.39 is 15.7 Å². The first kappa shape index (κ1) is 8.01. The van der Waals surface area contributed by atoms with Crippen LogP contribution in [0.3, 0.4) is 0 Å². The van der Waals surface area contributed by atoms with Gasteiger partial charge in [-0.15, -0.1) is 0 Å². The van der Waals surface area contributed by atoms with Gasteiger partial charge >= 0.3 is 15.7 Å². The number of hydrogen-bond donors (Lipinski definition) is 2. The van der Waals surface area contributed by atoms with Crippen molar-refractivity contribution < 1.29 is 27.8 Å². The third kappa shape index (κ3) is 6.01. The molecule has 0 radical (unpaired) electrons. The lowest BCUT2D eigenvalue weighted by atomic mass is 15.7. The Morgan fingerprint density at radius 1 is 1.38 bits per heavy atom. The number of rotatable bonds is 2. The summed E-state index contributed by atoms with van der Waals surface area (Å²) in [6.45, 7) is 0. The van der Waals surface area contributed by atoms with Crippen LogP contribution >= 0.6 is 15.7 Å². The molecule has 0 aliphatic carbocycles. The van der Waals surface area contributed by atoms with Gasteiger partial charge in [-0.05, 0) is 0 Å². The Bertz CT molecular complexity index is 161. The second-order valence-electron chi connectivity index (χ2n) is 0.796. The first-order chi connectivity index (χ1) is 3.42. The Kier molecular flexibility index (Phi) is 2.53. The molecule has 0 heterocycles. The highest BCUT2D eigenvalue weighted by Gasteiger charge is 2.16. The second-order valence-corrected chi connectivity index (χ2v) is 2.88. The molecule has 0 aliphatic rings. The van der Waals surface area contributed by atoms with Gasteiger partial charge in [0.1, 0.15) is 0 Å². The summed E-state index contributed by atoms with van der Waals surface area (Å²) in [7, 11) is -8.27. The summed E-state index contributed by atoms with van der Waals surface area (Å²) in [6, 6.07) is 0. The van der Waals surface area contributed by atoms with Crippen molar-refractivity contribution >= 4 is 15.7 Å². The van der Waals surface area contributed by atoms with E-state index in [0.29, 0.717) is 0 Å². The summed E-state index contributed by atoms with van der Waals surface area (Å²) in [4.78, 5) is 15.4. The van der Waals surface area contributed by atoms with E-state index >= 15 is 0 Å². The standard InChI is InChI=1S/H2O6P2/c1-7(2)6-8(3,4)5/h(H2,3,4,5). The van der Waals surface area contributed by atoms with Crippen LogP contribution < -0.4 is 0 Å². The van der Waals surface area contributed by atoms with Crippen LogP contribution in [0.5, 0.6) is 0 Å². The van der Waals surface area contributed by atoms with Crippen molar-refractivity contribution in [2.45, 2.75) is 0 Å². The Morgan fingerprint density at radius 3 is 1.75 bits per heavy atom. The SMILES string of the molecule is O=P(=O)OP(=O)(O)O. The Labute approximate surface area is 44.6 Å². The predicted octanol–water partition coefficient (Wildman–Crippen LogP) is 0.184. The van der Waals surface area contributed by atoms with Gasteiger partial charge in [-0.25, -0.2) is 13.7 Å². The molecular formula is H2O6P2. The quantitative estimate of drug-likeness (QED) is 0.558. The van der Waals surface area contributed by atoms with Crippen molar-refractivity contribution in [2.75, 3.05) is 0 Å². The summed E-state index contributed by atoms with van der Waals surface area (Å²) < 4.78 is 31.3. The molecule has 0 fully saturated rings. The van der Waals surface area contributed by atoms with Crippen LogP contribution in [0, 0.1) is 0 Å². The first-order valence-electron chi connectivity index (χ1n) is 1.31. The summed E-state index contributed by atoms with van der Waals surface area (Å²) in [5.74, 6) is 0. The summed E-state index contributed by atoms with van der Waals surface area (Å²) >= 11 is 0. The van der Waals surface area contributed by atoms with Crippen molar-refractivity contribution in [3.05, 3.63) is 0 Å². The lowest BCUT2D eigenvalue weighted by molar-refractivity contribution is 0.281. The first-order valence-corrected chi connectivity index (χ1v) is 3.94. The highest BCUT2D eigenvalue weighted by Crippen LogP contribution is 2.42. The maximum atomic E-state index is 9.53. The molecule has 0 aliphatic heterocycles. The van der Waals surface area contributed by atoms with E-state index in [0.717, 1.165) is 0 Å². The smallest absolute Gasteiger partial charge is 0.302 e. The van der Waals surface area contributed by atoms with Crippen LogP contribution in [0.25, 0.3) is 0 Å². The number of hydrogen-bond acceptors (Lipinski definition) is 4. The molecule has 8 heteroatoms. The zero-order chi connectivity index (χ0) is 6.78. The van der Waals surface area contributed by atoms with Crippen molar-refractivity contribution in [3.8, 4) is 0 Å². The summed E-state index contributed by atoms with van der Waals surface area (Å²) in [5, 5.41) is 0. The monoisotopic (exact) mass is 160 g/mol. The molecule has 0 aromatic rings. The molecule has 0 saturated heterocycles. The van der Waals surface area contributed by atoms with Gasteiger partial charge in [0.15, 0.2) is 0 Å². The Morgan fingerprint density at radius 2 is 1.75 bits per heavy atom. The van der Waals surface area contributed by atoms with E-state index in [1.807, 2.05) is 0 Å². The maximum Gasteiger partial charge on any atom is 0.481 e. The van der Waals surface area contributed by atoms with Gasteiger partial charge in [-0.3, -0.25) is 0 Å². The van der Waals surface area contributed by atoms with Crippen LogP contribution in [-0.2, 0) is 18.0 Å². The van der Waals surface area contributed by atoms with Gasteiger partial charge in [0.25, 0.3) is 0 Å². The van der Waals surface area contributed by atoms with E-state index in [1.54, 1.807) is 0 Å². The van der Waals surface area contributed by atoms with E-state index in [1.165, 1.54) is 0 Å². The average Bonchev–Trinajstić information content (AvgIpc) is 1.21. The minimum Gasteiger partial charge on any atom is -0.302 e. The summed E-state index contributed by atoms with van der Waals surface area (Å²) in [6.07, 6.45) is 0. The topological polar surface area (TPSA) is 101 Å². The molecule has 0 aromatic heterocycles. The van der Waals surface area contributed by atoms with Gasteiger partial charge in [-0.2, -0.15) is 4.31 Å². The van der Waals surface area contributed by atoms with Gasteiger partial charge in [0, 0.05) is 0 Å². The largest absolute Gasteiger partial charge is 0.481 e. The van der Waals surface area contributed by atoms with Gasteiger partial charge in [0.05, 0.1) is 0 Å². The van der Waals surface area contributed by atoms with Crippen LogP contribution in [0.4, 0.5) is 0 Å². The Balaban J connectivity index is 3.94. The fourth-order valence-electron chi connectivity index (χ4n) is 0.0868. The van der Waals surface area contributed by atoms with Crippen molar-refractivity contribution in [3.63, 3.8) is 0 Å². The minimum absolute atomic E-state index is 3.06. The molecule has 8 heavy (non-hydrogen) atoms. The third-order valence-electron chi connectivity index (χ3n) is 0.173. The lowest BCUT2D eigenvalue weighted by Gasteiger charge is -1.91. The normalized spacial score (nSPS) is 11.2. The molecule has 0 saturated carbocycles. The second kappa shape index (κ2) is 2.53. The molecule has 0 aromatic carbocycles. The van der Waals surface area contributed by atoms with Gasteiger partial charge in [-0.1, -0.05) is 0 Å². The molecule has 0 amide bonds. The fraction of sp³-hybridized carbons (Fsp3) is 0. The van der Waals surface area contributed by atoms with E-state index in [9.17, 15) is 13.7 Å². The van der Waals surface area contributed by atoms with E-state index in [2.05, 4.69) is 4.31 Å². The highest BCUT2D eigenvalue weighted by molar-refractivity contribution is 7.53. The molecule has 2 N–H and O–H groups in total. The third-order valence-corrected chi connectivity index (χ3v) is 1.56. The fourth-order valence-corrected chi connectivity index (χ4v) is 0.782. The minimum atomic E-state index is -4.82. The van der Waals surface area contributed by atoms with Crippen LogP contribution in [0.1, 0.15) is 0 Å². The van der Waals surface area contributed by atoms with Crippen molar-refractivity contribution in [2.24, 2.45) is 0 Å². The average molecular weight is 160 g/mol. The maximum absolute atomic E-state index is 9.53. The lowest BCUT2D eigenvalue weighted by Crippen LogP contribution is -1.72. The van der Waals surface area contributed by atoms with E-state index in [4.69, 9.17) is 9.79 Å². The van der Waals surface area contributed by atoms with Crippen molar-refractivity contribution in [1.82, 2.24) is 0 Å². The summed E-state index contributed by atoms with van der Waals surface area (Å²) in [5.41, 5.74) is 0. The zero-order valence-corrected chi connectivity index (χ0v) is 5.21. The molecule has 0 unspecified atom stereocenters. The molecule has 0 spiro atoms. The van der Waals surface area contributed by atoms with E-state index in [-0.39, 0.29) is 0 Å². The highest BCUT2D eigenvalue weighted by atomic mass is 31.2. The van der Waals surface area contributed by atoms with Crippen LogP contribution in [-0.4, -0.2) is 9.79 Å². The molecule has 0 atom stereocenters. The van der Waals surface area contributed by atoms with Crippen LogP contribution in [0.15, 0.2) is 0 Å². The van der Waals surface area contributed by atoms with Gasteiger partial charge in [0.2, 0.25) is 0 Å². The van der Waals surface area contributed by atoms with Crippen molar-refractivity contribution in [1.29, 1.82) is 0 Å². The zero-order valence-electron chi connectivity index (χ0n) is 3.42. The molecular weight excluding hydrogens is 158 g/mol. The van der Waals surface area contributed by atoms with Crippen LogP contribution in [0.2, 0.25) is 0 Å². The Hall–Kier alpha value is 0.01000. The number of phosphoric acid groups is 1. The molecule has 48 valence electrons. The molecule has 6 nitrogen and oxygen atoms in total. The molecule has 0 bridgehead atoms. The predicted molar refractivity (Wildman–Crippen MR) is 21.4 cm³/mol.